The van der Waals surface area contributed by atoms with Crippen LogP contribution in [0.5, 0.6) is 0 Å². The molecule has 0 saturated carbocycles. The quantitative estimate of drug-likeness (QED) is 0.500. The number of piperazine rings is 1. The van der Waals surface area contributed by atoms with Crippen molar-refractivity contribution in [1.29, 1.82) is 0 Å². The number of carbonyl (C=O) groups is 4. The Morgan fingerprint density at radius 3 is 2.45 bits per heavy atom. The van der Waals surface area contributed by atoms with E-state index in [2.05, 4.69) is 15.6 Å². The number of nitrogens with one attached hydrogen (secondary N) is 2. The van der Waals surface area contributed by atoms with Crippen LogP contribution in [0.1, 0.15) is 24.2 Å². The van der Waals surface area contributed by atoms with Gasteiger partial charge in [0.1, 0.15) is 11.8 Å². The SMILES string of the molecule is CC(C)OC(=O)NC[C@H]1CN(c2cc(F)c(N3CCN(C(=O)CNC(=O)c4cccnc4)CC3)c(F)c2)C(=O)O1. The smallest absolute Gasteiger partial charge is 0.414 e. The molecule has 2 aliphatic rings. The van der Waals surface area contributed by atoms with E-state index in [9.17, 15) is 19.2 Å². The standard InChI is InChI=1S/C26H30F2N6O6/c1-16(2)39-25(37)31-13-19-15-34(26(38)40-19)18-10-20(27)23(21(28)11-18)33-8-6-32(7-9-33)22(35)14-30-24(36)17-4-3-5-29-12-17/h3-5,10-12,16,19H,6-9,13-15H2,1-2H3,(H,30,36)(H,31,37)/t19-/m0/s1. The van der Waals surface area contributed by atoms with Crippen LogP contribution in [-0.2, 0) is 14.3 Å². The molecule has 1 aromatic carbocycles. The number of alkyl carbamates (subject to hydrolysis) is 1. The average Bonchev–Trinajstić information content (AvgIpc) is 3.30. The van der Waals surface area contributed by atoms with E-state index in [4.69, 9.17) is 9.47 Å². The highest BCUT2D eigenvalue weighted by atomic mass is 19.1. The Hall–Kier alpha value is -4.49. The highest BCUT2D eigenvalue weighted by Gasteiger charge is 2.34. The second-order valence-corrected chi connectivity index (χ2v) is 9.50. The Morgan fingerprint density at radius 1 is 1.12 bits per heavy atom. The van der Waals surface area contributed by atoms with Crippen molar-refractivity contribution in [2.75, 3.05) is 55.6 Å². The highest BCUT2D eigenvalue weighted by Crippen LogP contribution is 2.31. The lowest BCUT2D eigenvalue weighted by Gasteiger charge is -2.36. The first-order valence-electron chi connectivity index (χ1n) is 12.7. The number of cyclic esters (lactones) is 1. The van der Waals surface area contributed by atoms with E-state index in [1.807, 2.05) is 0 Å². The van der Waals surface area contributed by atoms with Crippen molar-refractivity contribution >= 4 is 35.4 Å². The summed E-state index contributed by atoms with van der Waals surface area (Å²) < 4.78 is 40.4. The van der Waals surface area contributed by atoms with Crippen LogP contribution < -0.4 is 20.4 Å². The van der Waals surface area contributed by atoms with Crippen LogP contribution in [0.15, 0.2) is 36.7 Å². The van der Waals surface area contributed by atoms with Crippen LogP contribution in [0.25, 0.3) is 0 Å². The summed E-state index contributed by atoms with van der Waals surface area (Å²) in [5.41, 5.74) is 0.0485. The number of aromatic nitrogens is 1. The predicted molar refractivity (Wildman–Crippen MR) is 139 cm³/mol. The molecule has 0 bridgehead atoms. The molecule has 0 aliphatic carbocycles. The van der Waals surface area contributed by atoms with Gasteiger partial charge in [-0.1, -0.05) is 0 Å². The first-order chi connectivity index (χ1) is 19.1. The molecule has 40 heavy (non-hydrogen) atoms. The van der Waals surface area contributed by atoms with Crippen LogP contribution in [-0.4, -0.2) is 91.9 Å². The Labute approximate surface area is 229 Å². The maximum absolute atomic E-state index is 15.1. The number of nitrogens with zero attached hydrogens (tertiary/aromatic N) is 4. The molecule has 4 amide bonds. The third-order valence-corrected chi connectivity index (χ3v) is 6.28. The van der Waals surface area contributed by atoms with E-state index in [0.29, 0.717) is 5.56 Å². The largest absolute Gasteiger partial charge is 0.447 e. The van der Waals surface area contributed by atoms with Gasteiger partial charge in [-0.2, -0.15) is 0 Å². The minimum Gasteiger partial charge on any atom is -0.447 e. The summed E-state index contributed by atoms with van der Waals surface area (Å²) in [6, 6.07) is 5.29. The molecular weight excluding hydrogens is 530 g/mol. The lowest BCUT2D eigenvalue weighted by molar-refractivity contribution is -0.130. The summed E-state index contributed by atoms with van der Waals surface area (Å²) in [7, 11) is 0. The molecule has 0 spiro atoms. The molecular formula is C26H30F2N6O6. The molecule has 0 unspecified atom stereocenters. The maximum Gasteiger partial charge on any atom is 0.414 e. The van der Waals surface area contributed by atoms with Gasteiger partial charge < -0.3 is 29.9 Å². The summed E-state index contributed by atoms with van der Waals surface area (Å²) in [6.45, 7) is 3.87. The third-order valence-electron chi connectivity index (χ3n) is 6.28. The van der Waals surface area contributed by atoms with Gasteiger partial charge in [-0.25, -0.2) is 18.4 Å². The van der Waals surface area contributed by atoms with Crippen molar-refractivity contribution in [2.45, 2.75) is 26.1 Å². The minimum atomic E-state index is -0.867. The molecule has 12 nitrogen and oxygen atoms in total. The number of carbonyl (C=O) groups excluding carboxylic acids is 4. The zero-order valence-corrected chi connectivity index (χ0v) is 22.1. The topological polar surface area (TPSA) is 133 Å². The Kier molecular flexibility index (Phi) is 8.97. The van der Waals surface area contributed by atoms with Crippen molar-refractivity contribution < 1.29 is 37.4 Å². The first kappa shape index (κ1) is 28.5. The predicted octanol–water partition coefficient (Wildman–Crippen LogP) is 1.90. The van der Waals surface area contributed by atoms with Gasteiger partial charge in [0.15, 0.2) is 11.6 Å². The van der Waals surface area contributed by atoms with E-state index in [0.717, 1.165) is 17.0 Å². The lowest BCUT2D eigenvalue weighted by atomic mass is 10.2. The molecule has 0 radical (unpaired) electrons. The van der Waals surface area contributed by atoms with Gasteiger partial charge in [-0.3, -0.25) is 19.5 Å². The van der Waals surface area contributed by atoms with E-state index >= 15 is 8.78 Å². The molecule has 214 valence electrons. The van der Waals surface area contributed by atoms with Gasteiger partial charge in [-0.15, -0.1) is 0 Å². The van der Waals surface area contributed by atoms with Crippen molar-refractivity contribution in [3.8, 4) is 0 Å². The fraction of sp³-hybridized carbons (Fsp3) is 0.423. The number of hydrogen-bond acceptors (Lipinski definition) is 8. The van der Waals surface area contributed by atoms with E-state index in [-0.39, 0.29) is 69.2 Å². The summed E-state index contributed by atoms with van der Waals surface area (Å²) in [4.78, 5) is 56.6. The molecule has 4 rings (SSSR count). The van der Waals surface area contributed by atoms with E-state index < -0.39 is 35.8 Å². The van der Waals surface area contributed by atoms with Crippen molar-refractivity contribution in [1.82, 2.24) is 20.5 Å². The summed E-state index contributed by atoms with van der Waals surface area (Å²) in [5, 5.41) is 5.03. The second-order valence-electron chi connectivity index (χ2n) is 9.50. The van der Waals surface area contributed by atoms with Crippen molar-refractivity contribution in [3.05, 3.63) is 53.9 Å². The lowest BCUT2D eigenvalue weighted by Crippen LogP contribution is -2.51. The fourth-order valence-corrected chi connectivity index (χ4v) is 4.35. The normalized spacial score (nSPS) is 17.1. The van der Waals surface area contributed by atoms with Gasteiger partial charge >= 0.3 is 12.2 Å². The molecule has 1 atom stereocenters. The van der Waals surface area contributed by atoms with Gasteiger partial charge in [0.05, 0.1) is 37.0 Å². The third kappa shape index (κ3) is 6.93. The zero-order chi connectivity index (χ0) is 28.8. The average molecular weight is 561 g/mol. The summed E-state index contributed by atoms with van der Waals surface area (Å²) in [5.74, 6) is -2.48. The molecule has 1 aromatic heterocycles. The minimum absolute atomic E-state index is 0.0167. The summed E-state index contributed by atoms with van der Waals surface area (Å²) in [6.07, 6.45) is 0.423. The van der Waals surface area contributed by atoms with Crippen LogP contribution in [0.3, 0.4) is 0 Å². The van der Waals surface area contributed by atoms with Gasteiger partial charge in [0.2, 0.25) is 5.91 Å². The van der Waals surface area contributed by atoms with Gasteiger partial charge in [0, 0.05) is 50.7 Å². The van der Waals surface area contributed by atoms with Crippen molar-refractivity contribution in [3.63, 3.8) is 0 Å². The second kappa shape index (κ2) is 12.6. The van der Waals surface area contributed by atoms with Crippen LogP contribution in [0.4, 0.5) is 29.7 Å². The van der Waals surface area contributed by atoms with Crippen LogP contribution in [0, 0.1) is 11.6 Å². The van der Waals surface area contributed by atoms with Crippen LogP contribution in [0.2, 0.25) is 0 Å². The summed E-state index contributed by atoms with van der Waals surface area (Å²) >= 11 is 0. The molecule has 2 saturated heterocycles. The van der Waals surface area contributed by atoms with Crippen LogP contribution >= 0.6 is 0 Å². The zero-order valence-electron chi connectivity index (χ0n) is 22.1. The Morgan fingerprint density at radius 2 is 1.82 bits per heavy atom. The molecule has 14 heteroatoms. The number of anilines is 2. The first-order valence-corrected chi connectivity index (χ1v) is 12.7. The Balaban J connectivity index is 1.30. The molecule has 2 fully saturated rings. The molecule has 3 heterocycles. The number of pyridine rings is 1. The van der Waals surface area contributed by atoms with Crippen molar-refractivity contribution in [2.24, 2.45) is 0 Å². The highest BCUT2D eigenvalue weighted by molar-refractivity contribution is 5.96. The van der Waals surface area contributed by atoms with E-state index in [1.54, 1.807) is 26.0 Å². The van der Waals surface area contributed by atoms with E-state index in [1.165, 1.54) is 22.2 Å². The Bertz CT molecular complexity index is 1230. The maximum atomic E-state index is 15.1. The molecule has 2 aromatic rings. The fourth-order valence-electron chi connectivity index (χ4n) is 4.35. The monoisotopic (exact) mass is 560 g/mol. The number of hydrogen-bond donors (Lipinski definition) is 2. The number of amides is 4. The number of rotatable bonds is 8. The number of benzene rings is 1. The van der Waals surface area contributed by atoms with Gasteiger partial charge in [-0.05, 0) is 26.0 Å². The molecule has 2 N–H and O–H groups in total. The number of ether oxygens (including phenoxy) is 2. The van der Waals surface area contributed by atoms with Gasteiger partial charge in [0.25, 0.3) is 5.91 Å². The molecule has 2 aliphatic heterocycles. The number of halogens is 2.